The van der Waals surface area contributed by atoms with E-state index in [1.807, 2.05) is 13.8 Å². The van der Waals surface area contributed by atoms with Crippen molar-refractivity contribution in [1.29, 1.82) is 0 Å². The van der Waals surface area contributed by atoms with Crippen molar-refractivity contribution in [3.05, 3.63) is 59.7 Å². The van der Waals surface area contributed by atoms with Gasteiger partial charge in [0.15, 0.2) is 0 Å². The van der Waals surface area contributed by atoms with E-state index >= 15 is 0 Å². The maximum Gasteiger partial charge on any atom is 0.446 e. The van der Waals surface area contributed by atoms with Crippen LogP contribution in [0, 0.1) is 0 Å². The van der Waals surface area contributed by atoms with E-state index in [1.54, 1.807) is 29.2 Å². The van der Waals surface area contributed by atoms with Gasteiger partial charge in [0.2, 0.25) is 0 Å². The molecule has 0 saturated carbocycles. The lowest BCUT2D eigenvalue weighted by Crippen LogP contribution is -2.30. The number of alkyl halides is 3. The maximum absolute atomic E-state index is 12.7. The van der Waals surface area contributed by atoms with Crippen LogP contribution in [0.2, 0.25) is 0 Å². The number of hydrogen-bond donors (Lipinski definition) is 1. The third-order valence-electron chi connectivity index (χ3n) is 3.80. The van der Waals surface area contributed by atoms with Crippen LogP contribution < -0.4 is 5.32 Å². The Morgan fingerprint density at radius 1 is 1.00 bits per heavy atom. The summed E-state index contributed by atoms with van der Waals surface area (Å²) in [6.45, 7) is 4.93. The molecule has 144 valence electrons. The van der Waals surface area contributed by atoms with Gasteiger partial charge >= 0.3 is 5.51 Å². The van der Waals surface area contributed by atoms with E-state index in [2.05, 4.69) is 5.32 Å². The molecule has 0 saturated heterocycles. The number of rotatable bonds is 6. The van der Waals surface area contributed by atoms with Crippen molar-refractivity contribution in [3.8, 4) is 0 Å². The summed E-state index contributed by atoms with van der Waals surface area (Å²) >= 11 is -0.330. The first-order valence-electron chi connectivity index (χ1n) is 8.30. The molecule has 0 aliphatic rings. The standard InChI is InChI=1S/C19H19F3N2O2S/c1-3-24(4-2)18(26)13-9-11-14(12-10-13)23-17(25)15-7-5-6-8-16(15)27-19(20,21)22/h5-12H,3-4H2,1-2H3,(H,23,25). The Hall–Kier alpha value is -2.48. The zero-order valence-electron chi connectivity index (χ0n) is 14.8. The number of anilines is 1. The van der Waals surface area contributed by atoms with Crippen molar-refractivity contribution >= 4 is 29.3 Å². The average molecular weight is 396 g/mol. The fraction of sp³-hybridized carbons (Fsp3) is 0.263. The first kappa shape index (κ1) is 20.8. The second-order valence-corrected chi connectivity index (χ2v) is 6.66. The number of carbonyl (C=O) groups is 2. The Balaban J connectivity index is 2.14. The minimum atomic E-state index is -4.48. The van der Waals surface area contributed by atoms with Gasteiger partial charge in [-0.15, -0.1) is 0 Å². The van der Waals surface area contributed by atoms with Crippen LogP contribution in [0.25, 0.3) is 0 Å². The Morgan fingerprint density at radius 3 is 2.15 bits per heavy atom. The van der Waals surface area contributed by atoms with Gasteiger partial charge in [0.25, 0.3) is 11.8 Å². The van der Waals surface area contributed by atoms with Crippen molar-refractivity contribution in [2.24, 2.45) is 0 Å². The Morgan fingerprint density at radius 2 is 1.59 bits per heavy atom. The van der Waals surface area contributed by atoms with Crippen LogP contribution in [-0.4, -0.2) is 35.3 Å². The number of carbonyl (C=O) groups excluding carboxylic acids is 2. The fourth-order valence-corrected chi connectivity index (χ4v) is 3.12. The summed E-state index contributed by atoms with van der Waals surface area (Å²) in [4.78, 5) is 26.1. The summed E-state index contributed by atoms with van der Waals surface area (Å²) in [5.74, 6) is -0.769. The lowest BCUT2D eigenvalue weighted by atomic mass is 10.1. The molecule has 4 nitrogen and oxygen atoms in total. The molecule has 2 rings (SSSR count). The van der Waals surface area contributed by atoms with E-state index in [4.69, 9.17) is 0 Å². The summed E-state index contributed by atoms with van der Waals surface area (Å²) in [5.41, 5.74) is -3.68. The number of amides is 2. The van der Waals surface area contributed by atoms with E-state index in [1.165, 1.54) is 24.3 Å². The summed E-state index contributed by atoms with van der Waals surface area (Å²) in [6, 6.07) is 11.8. The Labute approximate surface area is 159 Å². The molecule has 0 aromatic heterocycles. The van der Waals surface area contributed by atoms with Crippen LogP contribution in [0.15, 0.2) is 53.4 Å². The molecule has 0 aliphatic heterocycles. The van der Waals surface area contributed by atoms with Crippen molar-refractivity contribution < 1.29 is 22.8 Å². The molecule has 0 radical (unpaired) electrons. The number of hydrogen-bond acceptors (Lipinski definition) is 3. The summed E-state index contributed by atoms with van der Waals surface area (Å²) < 4.78 is 38.0. The highest BCUT2D eigenvalue weighted by molar-refractivity contribution is 8.00. The number of nitrogens with one attached hydrogen (secondary N) is 1. The quantitative estimate of drug-likeness (QED) is 0.697. The highest BCUT2D eigenvalue weighted by Gasteiger charge is 2.31. The Bertz CT molecular complexity index is 803. The molecule has 0 unspecified atom stereocenters. The third kappa shape index (κ3) is 5.75. The molecule has 2 amide bonds. The van der Waals surface area contributed by atoms with Crippen LogP contribution in [0.1, 0.15) is 34.6 Å². The molecule has 0 bridgehead atoms. The lowest BCUT2D eigenvalue weighted by molar-refractivity contribution is -0.0328. The highest BCUT2D eigenvalue weighted by Crippen LogP contribution is 2.38. The van der Waals surface area contributed by atoms with E-state index in [-0.39, 0.29) is 28.1 Å². The molecular formula is C19H19F3N2O2S. The minimum Gasteiger partial charge on any atom is -0.339 e. The van der Waals surface area contributed by atoms with Gasteiger partial charge in [0, 0.05) is 29.2 Å². The van der Waals surface area contributed by atoms with E-state index in [9.17, 15) is 22.8 Å². The third-order valence-corrected chi connectivity index (χ3v) is 4.61. The summed E-state index contributed by atoms with van der Waals surface area (Å²) in [7, 11) is 0. The number of benzene rings is 2. The molecular weight excluding hydrogens is 377 g/mol. The van der Waals surface area contributed by atoms with Crippen LogP contribution in [-0.2, 0) is 0 Å². The Kier molecular flexibility index (Phi) is 6.90. The second kappa shape index (κ2) is 8.94. The van der Waals surface area contributed by atoms with E-state index in [0.717, 1.165) is 0 Å². The summed E-state index contributed by atoms with van der Waals surface area (Å²) in [6.07, 6.45) is 0. The summed E-state index contributed by atoms with van der Waals surface area (Å²) in [5, 5.41) is 2.56. The smallest absolute Gasteiger partial charge is 0.339 e. The van der Waals surface area contributed by atoms with Crippen molar-refractivity contribution in [2.75, 3.05) is 18.4 Å². The first-order chi connectivity index (χ1) is 12.7. The van der Waals surface area contributed by atoms with Gasteiger partial charge in [0.05, 0.1) is 5.56 Å². The van der Waals surface area contributed by atoms with Gasteiger partial charge in [-0.1, -0.05) is 12.1 Å². The van der Waals surface area contributed by atoms with Gasteiger partial charge in [-0.3, -0.25) is 9.59 Å². The van der Waals surface area contributed by atoms with E-state index < -0.39 is 11.4 Å². The zero-order valence-corrected chi connectivity index (χ0v) is 15.7. The van der Waals surface area contributed by atoms with Crippen molar-refractivity contribution in [2.45, 2.75) is 24.3 Å². The number of nitrogens with zero attached hydrogens (tertiary/aromatic N) is 1. The normalized spacial score (nSPS) is 11.1. The molecule has 2 aromatic rings. The maximum atomic E-state index is 12.7. The number of thioether (sulfide) groups is 1. The van der Waals surface area contributed by atoms with Crippen LogP contribution in [0.4, 0.5) is 18.9 Å². The van der Waals surface area contributed by atoms with Crippen molar-refractivity contribution in [1.82, 2.24) is 4.90 Å². The van der Waals surface area contributed by atoms with Gasteiger partial charge in [-0.05, 0) is 62.0 Å². The monoisotopic (exact) mass is 396 g/mol. The van der Waals surface area contributed by atoms with E-state index in [0.29, 0.717) is 24.3 Å². The van der Waals surface area contributed by atoms with Gasteiger partial charge in [-0.2, -0.15) is 13.2 Å². The predicted molar refractivity (Wildman–Crippen MR) is 100 cm³/mol. The molecule has 0 aliphatic carbocycles. The molecule has 1 N–H and O–H groups in total. The molecule has 27 heavy (non-hydrogen) atoms. The molecule has 0 spiro atoms. The van der Waals surface area contributed by atoms with Crippen LogP contribution in [0.5, 0.6) is 0 Å². The van der Waals surface area contributed by atoms with Crippen LogP contribution in [0.3, 0.4) is 0 Å². The lowest BCUT2D eigenvalue weighted by Gasteiger charge is -2.18. The SMILES string of the molecule is CCN(CC)C(=O)c1ccc(NC(=O)c2ccccc2SC(F)(F)F)cc1. The van der Waals surface area contributed by atoms with Crippen LogP contribution >= 0.6 is 11.8 Å². The minimum absolute atomic E-state index is 0.0666. The topological polar surface area (TPSA) is 49.4 Å². The molecule has 0 fully saturated rings. The molecule has 0 heterocycles. The van der Waals surface area contributed by atoms with Gasteiger partial charge in [0.1, 0.15) is 0 Å². The van der Waals surface area contributed by atoms with Gasteiger partial charge < -0.3 is 10.2 Å². The van der Waals surface area contributed by atoms with Gasteiger partial charge in [-0.25, -0.2) is 0 Å². The first-order valence-corrected chi connectivity index (χ1v) is 9.12. The molecule has 0 atom stereocenters. The zero-order chi connectivity index (χ0) is 20.0. The number of halogens is 3. The second-order valence-electron chi connectivity index (χ2n) is 5.55. The molecule has 8 heteroatoms. The molecule has 2 aromatic carbocycles. The van der Waals surface area contributed by atoms with Crippen molar-refractivity contribution in [3.63, 3.8) is 0 Å². The largest absolute Gasteiger partial charge is 0.446 e. The fourth-order valence-electron chi connectivity index (χ4n) is 2.46. The average Bonchev–Trinajstić information content (AvgIpc) is 2.62. The highest BCUT2D eigenvalue weighted by atomic mass is 32.2. The predicted octanol–water partition coefficient (Wildman–Crippen LogP) is 5.03.